The van der Waals surface area contributed by atoms with Crippen molar-refractivity contribution in [2.24, 2.45) is 0 Å². The van der Waals surface area contributed by atoms with Gasteiger partial charge in [0.1, 0.15) is 0 Å². The van der Waals surface area contributed by atoms with Crippen LogP contribution >= 0.6 is 22.6 Å². The molecule has 1 heterocycles. The molecule has 0 amide bonds. The normalized spacial score (nSPS) is 21.7. The van der Waals surface area contributed by atoms with Gasteiger partial charge in [-0.05, 0) is 61.4 Å². The fourth-order valence-electron chi connectivity index (χ4n) is 2.76. The van der Waals surface area contributed by atoms with Crippen LogP contribution in [-0.4, -0.2) is 93.1 Å². The molecular formula is C18H31IN4. The monoisotopic (exact) mass is 430 g/mol. The molecular weight excluding hydrogens is 399 g/mol. The number of nitrogens with zero attached hydrogens (tertiary/aromatic N) is 4. The summed E-state index contributed by atoms with van der Waals surface area (Å²) in [4.78, 5) is 9.96. The second kappa shape index (κ2) is 9.93. The van der Waals surface area contributed by atoms with Crippen molar-refractivity contribution < 1.29 is 0 Å². The SMILES string of the molecule is CN1CCN(C)CCN(Cc2ccc(I)cc2)CCN(C)CC1. The van der Waals surface area contributed by atoms with E-state index in [1.807, 2.05) is 0 Å². The fraction of sp³-hybridized carbons (Fsp3) is 0.667. The van der Waals surface area contributed by atoms with Crippen LogP contribution in [0, 0.1) is 3.57 Å². The Balaban J connectivity index is 1.94. The summed E-state index contributed by atoms with van der Waals surface area (Å²) in [6.07, 6.45) is 0. The molecule has 0 unspecified atom stereocenters. The van der Waals surface area contributed by atoms with Crippen LogP contribution in [-0.2, 0) is 6.54 Å². The van der Waals surface area contributed by atoms with Crippen LogP contribution < -0.4 is 0 Å². The fourth-order valence-corrected chi connectivity index (χ4v) is 3.12. The highest BCUT2D eigenvalue weighted by molar-refractivity contribution is 14.1. The van der Waals surface area contributed by atoms with Gasteiger partial charge in [-0.1, -0.05) is 12.1 Å². The van der Waals surface area contributed by atoms with Crippen molar-refractivity contribution in [3.8, 4) is 0 Å². The Morgan fingerprint density at radius 3 is 1.52 bits per heavy atom. The second-order valence-corrected chi connectivity index (χ2v) is 8.06. The van der Waals surface area contributed by atoms with Crippen LogP contribution in [0.15, 0.2) is 24.3 Å². The van der Waals surface area contributed by atoms with E-state index in [9.17, 15) is 0 Å². The van der Waals surface area contributed by atoms with E-state index in [1.54, 1.807) is 0 Å². The van der Waals surface area contributed by atoms with Crippen LogP contribution in [0.3, 0.4) is 0 Å². The molecule has 0 bridgehead atoms. The van der Waals surface area contributed by atoms with E-state index in [0.717, 1.165) is 58.9 Å². The lowest BCUT2D eigenvalue weighted by Crippen LogP contribution is -2.43. The highest BCUT2D eigenvalue weighted by atomic mass is 127. The molecule has 1 aliphatic heterocycles. The Morgan fingerprint density at radius 1 is 0.696 bits per heavy atom. The van der Waals surface area contributed by atoms with E-state index in [-0.39, 0.29) is 0 Å². The van der Waals surface area contributed by atoms with E-state index < -0.39 is 0 Å². The lowest BCUT2D eigenvalue weighted by atomic mass is 10.2. The molecule has 0 saturated carbocycles. The predicted molar refractivity (Wildman–Crippen MR) is 107 cm³/mol. The molecule has 1 aromatic rings. The maximum atomic E-state index is 2.60. The summed E-state index contributed by atoms with van der Waals surface area (Å²) in [5, 5.41) is 0. The first-order valence-corrected chi connectivity index (χ1v) is 9.63. The van der Waals surface area contributed by atoms with Crippen molar-refractivity contribution in [3.63, 3.8) is 0 Å². The van der Waals surface area contributed by atoms with Crippen LogP contribution in [0.25, 0.3) is 0 Å². The van der Waals surface area contributed by atoms with Crippen LogP contribution in [0.2, 0.25) is 0 Å². The minimum atomic E-state index is 1.05. The molecule has 1 aromatic carbocycles. The quantitative estimate of drug-likeness (QED) is 0.665. The average Bonchev–Trinajstić information content (AvgIpc) is 2.54. The summed E-state index contributed by atoms with van der Waals surface area (Å²) in [7, 11) is 6.72. The smallest absolute Gasteiger partial charge is 0.0234 e. The van der Waals surface area contributed by atoms with Crippen molar-refractivity contribution in [1.29, 1.82) is 0 Å². The Hall–Kier alpha value is -0.210. The zero-order valence-corrected chi connectivity index (χ0v) is 17.0. The lowest BCUT2D eigenvalue weighted by molar-refractivity contribution is 0.162. The molecule has 0 spiro atoms. The standard InChI is InChI=1S/C18H31IN4/c1-20-8-10-21(2)12-14-23(15-13-22(3)11-9-20)16-17-4-6-18(19)7-5-17/h4-7H,8-16H2,1-3H3. The molecule has 5 heteroatoms. The van der Waals surface area contributed by atoms with Crippen LogP contribution in [0.4, 0.5) is 0 Å². The maximum Gasteiger partial charge on any atom is 0.0234 e. The summed E-state index contributed by atoms with van der Waals surface area (Å²) in [5.41, 5.74) is 1.42. The first-order valence-electron chi connectivity index (χ1n) is 8.55. The molecule has 1 aliphatic rings. The van der Waals surface area contributed by atoms with Gasteiger partial charge in [0.2, 0.25) is 0 Å². The summed E-state index contributed by atoms with van der Waals surface area (Å²) >= 11 is 2.37. The second-order valence-electron chi connectivity index (χ2n) is 6.81. The molecule has 2 rings (SSSR count). The summed E-state index contributed by atoms with van der Waals surface area (Å²) in [6, 6.07) is 8.95. The Morgan fingerprint density at radius 2 is 1.09 bits per heavy atom. The van der Waals surface area contributed by atoms with Crippen molar-refractivity contribution in [2.75, 3.05) is 73.5 Å². The van der Waals surface area contributed by atoms with Gasteiger partial charge in [0.15, 0.2) is 0 Å². The van der Waals surface area contributed by atoms with Crippen molar-refractivity contribution >= 4 is 22.6 Å². The van der Waals surface area contributed by atoms with Gasteiger partial charge in [-0.3, -0.25) is 4.90 Å². The molecule has 130 valence electrons. The Kier molecular flexibility index (Phi) is 8.26. The minimum Gasteiger partial charge on any atom is -0.304 e. The van der Waals surface area contributed by atoms with E-state index >= 15 is 0 Å². The van der Waals surface area contributed by atoms with Crippen molar-refractivity contribution in [1.82, 2.24) is 19.6 Å². The summed E-state index contributed by atoms with van der Waals surface area (Å²) < 4.78 is 1.31. The topological polar surface area (TPSA) is 13.0 Å². The number of rotatable bonds is 2. The summed E-state index contributed by atoms with van der Waals surface area (Å²) in [5.74, 6) is 0. The van der Waals surface area contributed by atoms with Crippen molar-refractivity contribution in [3.05, 3.63) is 33.4 Å². The van der Waals surface area contributed by atoms with Gasteiger partial charge in [-0.15, -0.1) is 0 Å². The lowest BCUT2D eigenvalue weighted by Gasteiger charge is -2.30. The van der Waals surface area contributed by atoms with Gasteiger partial charge in [0.05, 0.1) is 0 Å². The molecule has 23 heavy (non-hydrogen) atoms. The minimum absolute atomic E-state index is 1.05. The van der Waals surface area contributed by atoms with E-state index in [0.29, 0.717) is 0 Å². The maximum absolute atomic E-state index is 2.60. The zero-order valence-electron chi connectivity index (χ0n) is 14.8. The van der Waals surface area contributed by atoms with Crippen LogP contribution in [0.5, 0.6) is 0 Å². The Labute approximate surface area is 155 Å². The first kappa shape index (κ1) is 19.1. The van der Waals surface area contributed by atoms with Gasteiger partial charge in [0.25, 0.3) is 0 Å². The molecule has 0 radical (unpaired) electrons. The largest absolute Gasteiger partial charge is 0.304 e. The molecule has 1 saturated heterocycles. The van der Waals surface area contributed by atoms with E-state index in [4.69, 9.17) is 0 Å². The van der Waals surface area contributed by atoms with Gasteiger partial charge in [-0.2, -0.15) is 0 Å². The molecule has 0 N–H and O–H groups in total. The van der Waals surface area contributed by atoms with Gasteiger partial charge in [0, 0.05) is 62.5 Å². The van der Waals surface area contributed by atoms with E-state index in [1.165, 1.54) is 9.13 Å². The molecule has 0 atom stereocenters. The van der Waals surface area contributed by atoms with Gasteiger partial charge >= 0.3 is 0 Å². The van der Waals surface area contributed by atoms with Gasteiger partial charge in [-0.25, -0.2) is 0 Å². The van der Waals surface area contributed by atoms with E-state index in [2.05, 4.69) is 87.6 Å². The van der Waals surface area contributed by atoms with Crippen LogP contribution in [0.1, 0.15) is 5.56 Å². The number of hydrogen-bond donors (Lipinski definition) is 0. The van der Waals surface area contributed by atoms with Crippen molar-refractivity contribution in [2.45, 2.75) is 6.54 Å². The number of halogens is 1. The third-order valence-corrected chi connectivity index (χ3v) is 5.36. The summed E-state index contributed by atoms with van der Waals surface area (Å²) in [6.45, 7) is 10.2. The van der Waals surface area contributed by atoms with Gasteiger partial charge < -0.3 is 14.7 Å². The number of hydrogen-bond acceptors (Lipinski definition) is 4. The third-order valence-electron chi connectivity index (χ3n) is 4.64. The third kappa shape index (κ3) is 7.47. The molecule has 0 aliphatic carbocycles. The highest BCUT2D eigenvalue weighted by Crippen LogP contribution is 2.09. The molecule has 0 aromatic heterocycles. The molecule has 1 fully saturated rings. The number of likely N-dealkylation sites (N-methyl/N-ethyl adjacent to an activating group) is 3. The zero-order chi connectivity index (χ0) is 16.7. The predicted octanol–water partition coefficient (Wildman–Crippen LogP) is 1.90. The number of benzene rings is 1. The molecule has 4 nitrogen and oxygen atoms in total. The average molecular weight is 430 g/mol. The Bertz CT molecular complexity index is 433. The highest BCUT2D eigenvalue weighted by Gasteiger charge is 2.12. The first-order chi connectivity index (χ1) is 11.0.